The van der Waals surface area contributed by atoms with Crippen LogP contribution in [0.4, 0.5) is 0 Å². The van der Waals surface area contributed by atoms with E-state index < -0.39 is 0 Å². The first-order chi connectivity index (χ1) is 5.41. The second-order valence-corrected chi connectivity index (χ2v) is 2.01. The molecule has 0 aromatic rings. The molecule has 58 valence electrons. The number of hydrogen-bond donors (Lipinski definition) is 0. The van der Waals surface area contributed by atoms with E-state index in [-0.39, 0.29) is 0 Å². The van der Waals surface area contributed by atoms with Crippen molar-refractivity contribution in [3.63, 3.8) is 0 Å². The molecular weight excluding hydrogens is 132 g/mol. The van der Waals surface area contributed by atoms with Crippen molar-refractivity contribution in [3.8, 4) is 11.8 Å². The van der Waals surface area contributed by atoms with Crippen molar-refractivity contribution in [2.24, 2.45) is 0 Å². The van der Waals surface area contributed by atoms with E-state index in [0.717, 1.165) is 12.8 Å². The molecule has 0 rings (SSSR count). The molecule has 0 bridgehead atoms. The fourth-order valence-electron chi connectivity index (χ4n) is 0.598. The van der Waals surface area contributed by atoms with Crippen molar-refractivity contribution in [1.29, 1.82) is 0 Å². The van der Waals surface area contributed by atoms with E-state index in [0.29, 0.717) is 0 Å². The second kappa shape index (κ2) is 8.78. The fourth-order valence-corrected chi connectivity index (χ4v) is 0.598. The molecule has 0 aliphatic heterocycles. The predicted molar refractivity (Wildman–Crippen MR) is 51.2 cm³/mol. The Kier molecular flexibility index (Phi) is 7.81. The summed E-state index contributed by atoms with van der Waals surface area (Å²) >= 11 is 0. The van der Waals surface area contributed by atoms with Gasteiger partial charge in [-0.3, -0.25) is 0 Å². The van der Waals surface area contributed by atoms with E-state index in [9.17, 15) is 0 Å². The summed E-state index contributed by atoms with van der Waals surface area (Å²) in [5.74, 6) is 5.85. The van der Waals surface area contributed by atoms with E-state index in [1.807, 2.05) is 25.2 Å². The zero-order valence-electron chi connectivity index (χ0n) is 7.01. The van der Waals surface area contributed by atoms with Crippen molar-refractivity contribution in [2.75, 3.05) is 0 Å². The molecule has 0 unspecified atom stereocenters. The van der Waals surface area contributed by atoms with Crippen molar-refractivity contribution in [3.05, 3.63) is 37.0 Å². The quantitative estimate of drug-likeness (QED) is 0.325. The lowest BCUT2D eigenvalue weighted by molar-refractivity contribution is 1.08. The van der Waals surface area contributed by atoms with Gasteiger partial charge < -0.3 is 0 Å². The highest BCUT2D eigenvalue weighted by atomic mass is 13.8. The zero-order chi connectivity index (χ0) is 8.36. The number of rotatable bonds is 4. The summed E-state index contributed by atoms with van der Waals surface area (Å²) in [6.45, 7) is 5.43. The molecule has 0 saturated carbocycles. The van der Waals surface area contributed by atoms with Crippen LogP contribution in [0.3, 0.4) is 0 Å². The third-order valence-corrected chi connectivity index (χ3v) is 1.11. The SMILES string of the molecule is C=C/C=C\C=C/CCC#CC. The van der Waals surface area contributed by atoms with Gasteiger partial charge in [0.05, 0.1) is 0 Å². The van der Waals surface area contributed by atoms with Crippen molar-refractivity contribution in [2.45, 2.75) is 19.8 Å². The van der Waals surface area contributed by atoms with Crippen LogP contribution in [0, 0.1) is 11.8 Å². The van der Waals surface area contributed by atoms with Gasteiger partial charge >= 0.3 is 0 Å². The lowest BCUT2D eigenvalue weighted by Gasteiger charge is -1.79. The molecule has 0 spiro atoms. The van der Waals surface area contributed by atoms with Crippen LogP contribution in [0.5, 0.6) is 0 Å². The van der Waals surface area contributed by atoms with Crippen molar-refractivity contribution < 1.29 is 0 Å². The summed E-state index contributed by atoms with van der Waals surface area (Å²) in [5.41, 5.74) is 0. The summed E-state index contributed by atoms with van der Waals surface area (Å²) in [4.78, 5) is 0. The Morgan fingerprint density at radius 2 is 2.09 bits per heavy atom. The van der Waals surface area contributed by atoms with E-state index in [2.05, 4.69) is 24.5 Å². The molecule has 0 atom stereocenters. The van der Waals surface area contributed by atoms with Gasteiger partial charge in [0.2, 0.25) is 0 Å². The molecular formula is C11H14. The third kappa shape index (κ3) is 8.78. The first-order valence-corrected chi connectivity index (χ1v) is 3.75. The minimum Gasteiger partial charge on any atom is -0.107 e. The number of hydrogen-bond acceptors (Lipinski definition) is 0. The van der Waals surface area contributed by atoms with Crippen LogP contribution in [0.15, 0.2) is 37.0 Å². The molecule has 0 heterocycles. The number of allylic oxidation sites excluding steroid dienone is 5. The summed E-state index contributed by atoms with van der Waals surface area (Å²) in [5, 5.41) is 0. The van der Waals surface area contributed by atoms with Gasteiger partial charge in [-0.25, -0.2) is 0 Å². The summed E-state index contributed by atoms with van der Waals surface area (Å²) in [6.07, 6.45) is 11.7. The smallest absolute Gasteiger partial charge is 0.0123 e. The molecule has 0 aromatic carbocycles. The van der Waals surface area contributed by atoms with Gasteiger partial charge in [-0.15, -0.1) is 11.8 Å². The molecule has 0 aromatic heterocycles. The van der Waals surface area contributed by atoms with E-state index in [1.54, 1.807) is 6.08 Å². The van der Waals surface area contributed by atoms with E-state index in [1.165, 1.54) is 0 Å². The minimum atomic E-state index is 0.953. The number of unbranched alkanes of at least 4 members (excludes halogenated alkanes) is 1. The molecule has 0 aliphatic rings. The molecule has 0 N–H and O–H groups in total. The van der Waals surface area contributed by atoms with Crippen LogP contribution >= 0.6 is 0 Å². The van der Waals surface area contributed by atoms with Gasteiger partial charge in [0, 0.05) is 6.42 Å². The highest BCUT2D eigenvalue weighted by Crippen LogP contribution is 1.89. The maximum atomic E-state index is 3.56. The monoisotopic (exact) mass is 146 g/mol. The van der Waals surface area contributed by atoms with E-state index >= 15 is 0 Å². The molecule has 0 radical (unpaired) electrons. The van der Waals surface area contributed by atoms with Crippen molar-refractivity contribution in [1.82, 2.24) is 0 Å². The van der Waals surface area contributed by atoms with Crippen LogP contribution in [0.2, 0.25) is 0 Å². The Morgan fingerprint density at radius 3 is 2.73 bits per heavy atom. The van der Waals surface area contributed by atoms with Gasteiger partial charge in [0.15, 0.2) is 0 Å². The molecule has 11 heavy (non-hydrogen) atoms. The molecule has 0 saturated heterocycles. The summed E-state index contributed by atoms with van der Waals surface area (Å²) in [6, 6.07) is 0. The minimum absolute atomic E-state index is 0.953. The Hall–Kier alpha value is -1.22. The molecule has 0 fully saturated rings. The maximum absolute atomic E-state index is 3.56. The summed E-state index contributed by atoms with van der Waals surface area (Å²) < 4.78 is 0. The van der Waals surface area contributed by atoms with Gasteiger partial charge in [0.1, 0.15) is 0 Å². The fraction of sp³-hybridized carbons (Fsp3) is 0.273. The highest BCUT2D eigenvalue weighted by molar-refractivity contribution is 5.09. The van der Waals surface area contributed by atoms with E-state index in [4.69, 9.17) is 0 Å². The van der Waals surface area contributed by atoms with Crippen LogP contribution in [0.1, 0.15) is 19.8 Å². The Bertz CT molecular complexity index is 196. The average Bonchev–Trinajstić information content (AvgIpc) is 2.03. The van der Waals surface area contributed by atoms with Crippen LogP contribution in [0.25, 0.3) is 0 Å². The van der Waals surface area contributed by atoms with Gasteiger partial charge in [-0.1, -0.05) is 37.0 Å². The first kappa shape index (κ1) is 9.78. The molecule has 0 nitrogen and oxygen atoms in total. The lowest BCUT2D eigenvalue weighted by atomic mass is 10.3. The Balaban J connectivity index is 3.34. The topological polar surface area (TPSA) is 0 Å². The normalized spacial score (nSPS) is 9.91. The lowest BCUT2D eigenvalue weighted by Crippen LogP contribution is -1.62. The second-order valence-electron chi connectivity index (χ2n) is 2.01. The average molecular weight is 146 g/mol. The zero-order valence-corrected chi connectivity index (χ0v) is 7.01. The standard InChI is InChI=1S/C11H14/c1-3-5-7-9-11-10-8-6-4-2/h3,5,7,9,11H,1,8,10H2,2H3/b7-5-,11-9-. The first-order valence-electron chi connectivity index (χ1n) is 3.75. The predicted octanol–water partition coefficient (Wildman–Crippen LogP) is 3.09. The maximum Gasteiger partial charge on any atom is 0.0123 e. The molecule has 0 heteroatoms. The van der Waals surface area contributed by atoms with Crippen LogP contribution in [-0.4, -0.2) is 0 Å². The molecule has 0 amide bonds. The van der Waals surface area contributed by atoms with Crippen LogP contribution < -0.4 is 0 Å². The summed E-state index contributed by atoms with van der Waals surface area (Å²) in [7, 11) is 0. The van der Waals surface area contributed by atoms with Crippen LogP contribution in [-0.2, 0) is 0 Å². The van der Waals surface area contributed by atoms with Gasteiger partial charge in [0.25, 0.3) is 0 Å². The van der Waals surface area contributed by atoms with Gasteiger partial charge in [-0.05, 0) is 13.3 Å². The molecule has 0 aliphatic carbocycles. The van der Waals surface area contributed by atoms with Crippen molar-refractivity contribution >= 4 is 0 Å². The largest absolute Gasteiger partial charge is 0.107 e. The van der Waals surface area contributed by atoms with Gasteiger partial charge in [-0.2, -0.15) is 0 Å². The Morgan fingerprint density at radius 1 is 1.27 bits per heavy atom. The Labute approximate surface area is 69.3 Å². The highest BCUT2D eigenvalue weighted by Gasteiger charge is 1.71. The third-order valence-electron chi connectivity index (χ3n) is 1.11.